The van der Waals surface area contributed by atoms with E-state index in [1.165, 1.54) is 5.56 Å². The summed E-state index contributed by atoms with van der Waals surface area (Å²) in [4.78, 5) is 4.19. The van der Waals surface area contributed by atoms with Crippen LogP contribution >= 0.6 is 0 Å². The third-order valence-electron chi connectivity index (χ3n) is 2.56. The molecule has 5 heteroatoms. The van der Waals surface area contributed by atoms with E-state index in [1.54, 1.807) is 7.11 Å². The minimum Gasteiger partial charge on any atom is -0.382 e. The summed E-state index contributed by atoms with van der Waals surface area (Å²) in [7, 11) is 1.65. The molecule has 1 aromatic rings. The lowest BCUT2D eigenvalue weighted by Gasteiger charge is -2.07. The van der Waals surface area contributed by atoms with Crippen molar-refractivity contribution in [2.24, 2.45) is 10.7 Å². The van der Waals surface area contributed by atoms with Gasteiger partial charge in [0.05, 0.1) is 26.4 Å². The van der Waals surface area contributed by atoms with Crippen molar-refractivity contribution in [1.29, 1.82) is 0 Å². The van der Waals surface area contributed by atoms with Crippen molar-refractivity contribution >= 4 is 11.6 Å². The zero-order valence-electron chi connectivity index (χ0n) is 11.7. The molecule has 0 spiro atoms. The number of guanidine groups is 1. The van der Waals surface area contributed by atoms with Crippen molar-refractivity contribution in [3.8, 4) is 0 Å². The Kier molecular flexibility index (Phi) is 7.62. The van der Waals surface area contributed by atoms with E-state index >= 15 is 0 Å². The zero-order chi connectivity index (χ0) is 13.9. The average Bonchev–Trinajstić information content (AvgIpc) is 2.43. The van der Waals surface area contributed by atoms with Crippen LogP contribution in [0, 0.1) is 0 Å². The second kappa shape index (κ2) is 9.35. The van der Waals surface area contributed by atoms with Crippen LogP contribution < -0.4 is 11.1 Å². The van der Waals surface area contributed by atoms with E-state index in [0.29, 0.717) is 32.3 Å². The van der Waals surface area contributed by atoms with Crippen LogP contribution in [0.25, 0.3) is 0 Å². The summed E-state index contributed by atoms with van der Waals surface area (Å²) in [5.74, 6) is 0.406. The van der Waals surface area contributed by atoms with E-state index in [0.717, 1.165) is 12.1 Å². The smallest absolute Gasteiger partial charge is 0.193 e. The summed E-state index contributed by atoms with van der Waals surface area (Å²) in [5, 5.41) is 3.07. The van der Waals surface area contributed by atoms with Crippen molar-refractivity contribution in [2.75, 3.05) is 38.8 Å². The van der Waals surface area contributed by atoms with E-state index in [9.17, 15) is 0 Å². The Morgan fingerprint density at radius 3 is 2.89 bits per heavy atom. The maximum absolute atomic E-state index is 5.80. The summed E-state index contributed by atoms with van der Waals surface area (Å²) < 4.78 is 10.2. The molecule has 0 aliphatic heterocycles. The number of methoxy groups -OCH3 is 1. The van der Waals surface area contributed by atoms with Crippen LogP contribution in [0.1, 0.15) is 12.5 Å². The molecule has 3 N–H and O–H groups in total. The number of hydrogen-bond acceptors (Lipinski definition) is 3. The largest absolute Gasteiger partial charge is 0.382 e. The number of nitrogens with two attached hydrogens (primary N) is 1. The first kappa shape index (κ1) is 15.5. The molecule has 0 radical (unpaired) electrons. The summed E-state index contributed by atoms with van der Waals surface area (Å²) in [6.45, 7) is 4.38. The second-order valence-corrected chi connectivity index (χ2v) is 4.05. The Labute approximate surface area is 114 Å². The molecular weight excluding hydrogens is 242 g/mol. The Hall–Kier alpha value is -1.59. The zero-order valence-corrected chi connectivity index (χ0v) is 11.7. The molecule has 0 saturated carbocycles. The van der Waals surface area contributed by atoms with Crippen molar-refractivity contribution in [1.82, 2.24) is 0 Å². The summed E-state index contributed by atoms with van der Waals surface area (Å²) in [6.07, 6.45) is 1.000. The van der Waals surface area contributed by atoms with Crippen molar-refractivity contribution < 1.29 is 9.47 Å². The van der Waals surface area contributed by atoms with Crippen LogP contribution in [0.15, 0.2) is 29.3 Å². The Morgan fingerprint density at radius 1 is 1.32 bits per heavy atom. The van der Waals surface area contributed by atoms with Gasteiger partial charge in [-0.3, -0.25) is 4.99 Å². The molecule has 0 aliphatic carbocycles. The number of ether oxygens (including phenoxy) is 2. The molecule has 0 saturated heterocycles. The molecule has 0 amide bonds. The fourth-order valence-corrected chi connectivity index (χ4v) is 1.53. The first-order chi connectivity index (χ1) is 9.26. The number of anilines is 1. The molecule has 1 rings (SSSR count). The van der Waals surface area contributed by atoms with E-state index in [4.69, 9.17) is 15.2 Å². The number of aryl methyl sites for hydroxylation is 1. The SMILES string of the molecule is CCc1cccc(NC(N)=NCCOCCOC)c1. The lowest BCUT2D eigenvalue weighted by atomic mass is 10.1. The highest BCUT2D eigenvalue weighted by Gasteiger charge is 1.96. The van der Waals surface area contributed by atoms with Gasteiger partial charge < -0.3 is 20.5 Å². The third kappa shape index (κ3) is 6.79. The van der Waals surface area contributed by atoms with Gasteiger partial charge in [0.25, 0.3) is 0 Å². The molecule has 0 fully saturated rings. The predicted molar refractivity (Wildman–Crippen MR) is 78.6 cm³/mol. The van der Waals surface area contributed by atoms with E-state index in [2.05, 4.69) is 29.4 Å². The molecule has 5 nitrogen and oxygen atoms in total. The maximum Gasteiger partial charge on any atom is 0.193 e. The van der Waals surface area contributed by atoms with Crippen LogP contribution in [0.3, 0.4) is 0 Å². The number of hydrogen-bond donors (Lipinski definition) is 2. The van der Waals surface area contributed by atoms with Crippen LogP contribution in [-0.2, 0) is 15.9 Å². The molecule has 0 heterocycles. The van der Waals surface area contributed by atoms with E-state index in [-0.39, 0.29) is 0 Å². The Morgan fingerprint density at radius 2 is 2.16 bits per heavy atom. The van der Waals surface area contributed by atoms with Gasteiger partial charge in [0.1, 0.15) is 0 Å². The summed E-state index contributed by atoms with van der Waals surface area (Å²) in [6, 6.07) is 8.12. The molecule has 0 aromatic heterocycles. The molecule has 0 aliphatic rings. The van der Waals surface area contributed by atoms with Gasteiger partial charge >= 0.3 is 0 Å². The molecule has 106 valence electrons. The number of nitrogens with one attached hydrogen (secondary N) is 1. The first-order valence-corrected chi connectivity index (χ1v) is 6.48. The quantitative estimate of drug-likeness (QED) is 0.426. The predicted octanol–water partition coefficient (Wildman–Crippen LogP) is 1.64. The summed E-state index contributed by atoms with van der Waals surface area (Å²) >= 11 is 0. The van der Waals surface area contributed by atoms with E-state index in [1.807, 2.05) is 12.1 Å². The van der Waals surface area contributed by atoms with Crippen molar-refractivity contribution in [3.05, 3.63) is 29.8 Å². The average molecular weight is 265 g/mol. The normalized spacial score (nSPS) is 11.6. The Bertz CT molecular complexity index is 394. The molecule has 19 heavy (non-hydrogen) atoms. The Balaban J connectivity index is 2.30. The fourth-order valence-electron chi connectivity index (χ4n) is 1.53. The summed E-state index contributed by atoms with van der Waals surface area (Å²) in [5.41, 5.74) is 8.02. The standard InChI is InChI=1S/C14H23N3O2/c1-3-12-5-4-6-13(11-12)17-14(15)16-7-8-19-10-9-18-2/h4-6,11H,3,7-10H2,1-2H3,(H3,15,16,17). The topological polar surface area (TPSA) is 68.9 Å². The first-order valence-electron chi connectivity index (χ1n) is 6.48. The molecule has 1 aromatic carbocycles. The number of aliphatic imine (C=N–C) groups is 1. The minimum absolute atomic E-state index is 0.406. The maximum atomic E-state index is 5.80. The lowest BCUT2D eigenvalue weighted by Crippen LogP contribution is -2.23. The number of nitrogens with zero attached hydrogens (tertiary/aromatic N) is 1. The third-order valence-corrected chi connectivity index (χ3v) is 2.56. The minimum atomic E-state index is 0.406. The molecule has 0 unspecified atom stereocenters. The molecule has 0 atom stereocenters. The molecular formula is C14H23N3O2. The van der Waals surface area contributed by atoms with Crippen molar-refractivity contribution in [3.63, 3.8) is 0 Å². The monoisotopic (exact) mass is 265 g/mol. The van der Waals surface area contributed by atoms with Gasteiger partial charge in [0.2, 0.25) is 0 Å². The van der Waals surface area contributed by atoms with Gasteiger partial charge in [-0.15, -0.1) is 0 Å². The molecule has 0 bridgehead atoms. The van der Waals surface area contributed by atoms with Gasteiger partial charge in [0, 0.05) is 12.8 Å². The van der Waals surface area contributed by atoms with Crippen LogP contribution in [0.5, 0.6) is 0 Å². The highest BCUT2D eigenvalue weighted by atomic mass is 16.5. The van der Waals surface area contributed by atoms with E-state index < -0.39 is 0 Å². The fraction of sp³-hybridized carbons (Fsp3) is 0.500. The van der Waals surface area contributed by atoms with Gasteiger partial charge in [-0.1, -0.05) is 19.1 Å². The van der Waals surface area contributed by atoms with Gasteiger partial charge in [-0.25, -0.2) is 0 Å². The van der Waals surface area contributed by atoms with Crippen LogP contribution in [0.4, 0.5) is 5.69 Å². The van der Waals surface area contributed by atoms with Gasteiger partial charge in [0.15, 0.2) is 5.96 Å². The number of rotatable bonds is 8. The van der Waals surface area contributed by atoms with Crippen LogP contribution in [-0.4, -0.2) is 39.4 Å². The highest BCUT2D eigenvalue weighted by molar-refractivity contribution is 5.92. The second-order valence-electron chi connectivity index (χ2n) is 4.05. The lowest BCUT2D eigenvalue weighted by molar-refractivity contribution is 0.0748. The van der Waals surface area contributed by atoms with Crippen LogP contribution in [0.2, 0.25) is 0 Å². The van der Waals surface area contributed by atoms with Gasteiger partial charge in [-0.05, 0) is 24.1 Å². The van der Waals surface area contributed by atoms with Gasteiger partial charge in [-0.2, -0.15) is 0 Å². The van der Waals surface area contributed by atoms with Crippen molar-refractivity contribution in [2.45, 2.75) is 13.3 Å². The highest BCUT2D eigenvalue weighted by Crippen LogP contribution is 2.10. The number of benzene rings is 1.